The van der Waals surface area contributed by atoms with Crippen LogP contribution in [0.25, 0.3) is 5.57 Å². The van der Waals surface area contributed by atoms with Gasteiger partial charge < -0.3 is 15.3 Å². The summed E-state index contributed by atoms with van der Waals surface area (Å²) in [5.41, 5.74) is 6.94. The van der Waals surface area contributed by atoms with Crippen molar-refractivity contribution in [2.45, 2.75) is 25.7 Å². The summed E-state index contributed by atoms with van der Waals surface area (Å²) in [6, 6.07) is 10.8. The lowest BCUT2D eigenvalue weighted by Gasteiger charge is -2.27. The third-order valence-corrected chi connectivity index (χ3v) is 6.75. The van der Waals surface area contributed by atoms with Crippen LogP contribution in [0.15, 0.2) is 35.9 Å². The first-order valence-electron chi connectivity index (χ1n) is 9.68. The number of piperidine rings is 1. The van der Waals surface area contributed by atoms with E-state index in [4.69, 9.17) is 5.11 Å². The summed E-state index contributed by atoms with van der Waals surface area (Å²) in [6.45, 7) is 2.44. The van der Waals surface area contributed by atoms with E-state index in [-0.39, 0.29) is 12.5 Å². The van der Waals surface area contributed by atoms with Gasteiger partial charge in [0.25, 0.3) is 5.91 Å². The second-order valence-corrected chi connectivity index (χ2v) is 8.44. The summed E-state index contributed by atoms with van der Waals surface area (Å²) in [4.78, 5) is 16.8. The van der Waals surface area contributed by atoms with Crippen molar-refractivity contribution in [3.05, 3.63) is 62.3 Å². The second kappa shape index (κ2) is 7.97. The highest BCUT2D eigenvalue weighted by atomic mass is 32.1. The lowest BCUT2D eigenvalue weighted by atomic mass is 9.90. The van der Waals surface area contributed by atoms with Gasteiger partial charge in [0.1, 0.15) is 0 Å². The van der Waals surface area contributed by atoms with E-state index >= 15 is 0 Å². The Morgan fingerprint density at radius 2 is 1.89 bits per heavy atom. The maximum absolute atomic E-state index is 12.4. The van der Waals surface area contributed by atoms with E-state index in [0.29, 0.717) is 6.54 Å². The number of nitrogens with zero attached hydrogens (tertiary/aromatic N) is 1. The van der Waals surface area contributed by atoms with Gasteiger partial charge in [-0.1, -0.05) is 29.8 Å². The van der Waals surface area contributed by atoms with E-state index < -0.39 is 0 Å². The zero-order valence-electron chi connectivity index (χ0n) is 15.8. The highest BCUT2D eigenvalue weighted by Crippen LogP contribution is 2.42. The summed E-state index contributed by atoms with van der Waals surface area (Å²) in [5, 5.41) is 11.8. The van der Waals surface area contributed by atoms with Gasteiger partial charge >= 0.3 is 0 Å². The zero-order valence-corrected chi connectivity index (χ0v) is 16.6. The molecule has 1 aromatic heterocycles. The van der Waals surface area contributed by atoms with Gasteiger partial charge in [0.15, 0.2) is 0 Å². The van der Waals surface area contributed by atoms with Crippen LogP contribution >= 0.6 is 11.3 Å². The van der Waals surface area contributed by atoms with Crippen LogP contribution in [-0.2, 0) is 12.8 Å². The largest absolute Gasteiger partial charge is 0.395 e. The Kier molecular flexibility index (Phi) is 5.43. The molecule has 2 N–H and O–H groups in total. The average Bonchev–Trinajstić information content (AvgIpc) is 3.04. The quantitative estimate of drug-likeness (QED) is 0.858. The van der Waals surface area contributed by atoms with Crippen molar-refractivity contribution >= 4 is 22.8 Å². The van der Waals surface area contributed by atoms with Gasteiger partial charge in [-0.25, -0.2) is 0 Å². The third-order valence-electron chi connectivity index (χ3n) is 5.55. The average molecular weight is 383 g/mol. The molecule has 1 aliphatic heterocycles. The first kappa shape index (κ1) is 18.4. The summed E-state index contributed by atoms with van der Waals surface area (Å²) in [5.74, 6) is -0.0804. The molecule has 2 aromatic rings. The maximum atomic E-state index is 12.4. The highest BCUT2D eigenvalue weighted by Gasteiger charge is 2.26. The molecule has 1 fully saturated rings. The van der Waals surface area contributed by atoms with Crippen LogP contribution in [-0.4, -0.2) is 49.2 Å². The van der Waals surface area contributed by atoms with Gasteiger partial charge in [0.05, 0.1) is 11.5 Å². The fourth-order valence-corrected chi connectivity index (χ4v) is 5.29. The molecule has 1 amide bonds. The summed E-state index contributed by atoms with van der Waals surface area (Å²) < 4.78 is 0. The van der Waals surface area contributed by atoms with Crippen LogP contribution in [0.3, 0.4) is 0 Å². The molecular weight excluding hydrogens is 356 g/mol. The van der Waals surface area contributed by atoms with E-state index in [0.717, 1.165) is 43.6 Å². The van der Waals surface area contributed by atoms with Gasteiger partial charge in [-0.2, -0.15) is 0 Å². The van der Waals surface area contributed by atoms with Gasteiger partial charge in [0.2, 0.25) is 0 Å². The van der Waals surface area contributed by atoms with Crippen LogP contribution in [0.1, 0.15) is 44.1 Å². The lowest BCUT2D eigenvalue weighted by Crippen LogP contribution is -2.27. The molecule has 0 spiro atoms. The molecule has 2 heterocycles. The van der Waals surface area contributed by atoms with Crippen LogP contribution in [0, 0.1) is 0 Å². The van der Waals surface area contributed by atoms with Crippen molar-refractivity contribution in [1.82, 2.24) is 10.2 Å². The van der Waals surface area contributed by atoms with Crippen LogP contribution in [0.2, 0.25) is 0 Å². The van der Waals surface area contributed by atoms with E-state index in [1.54, 1.807) is 11.3 Å². The predicted octanol–water partition coefficient (Wildman–Crippen LogP) is 3.10. The number of hydrogen-bond acceptors (Lipinski definition) is 4. The predicted molar refractivity (Wildman–Crippen MR) is 110 cm³/mol. The van der Waals surface area contributed by atoms with Crippen molar-refractivity contribution in [2.75, 3.05) is 33.3 Å². The Morgan fingerprint density at radius 3 is 2.67 bits per heavy atom. The number of thiophene rings is 1. The molecule has 4 rings (SSSR count). The summed E-state index contributed by atoms with van der Waals surface area (Å²) in [7, 11) is 2.18. The molecule has 0 radical (unpaired) electrons. The molecule has 0 atom stereocenters. The topological polar surface area (TPSA) is 52.6 Å². The third kappa shape index (κ3) is 3.72. The number of benzene rings is 1. The van der Waals surface area contributed by atoms with E-state index in [9.17, 15) is 4.79 Å². The first-order valence-corrected chi connectivity index (χ1v) is 10.5. The molecule has 4 nitrogen and oxygen atoms in total. The minimum Gasteiger partial charge on any atom is -0.395 e. The van der Waals surface area contributed by atoms with Gasteiger partial charge in [-0.15, -0.1) is 11.3 Å². The van der Waals surface area contributed by atoms with Gasteiger partial charge in [-0.05, 0) is 61.1 Å². The van der Waals surface area contributed by atoms with E-state index in [1.807, 2.05) is 0 Å². The Hall–Kier alpha value is -1.95. The number of likely N-dealkylation sites (tertiary alicyclic amines) is 1. The molecule has 0 unspecified atom stereocenters. The van der Waals surface area contributed by atoms with E-state index in [2.05, 4.69) is 47.6 Å². The molecule has 5 heteroatoms. The number of aliphatic hydroxyl groups is 1. The summed E-state index contributed by atoms with van der Waals surface area (Å²) >= 11 is 1.61. The van der Waals surface area contributed by atoms with Crippen molar-refractivity contribution in [1.29, 1.82) is 0 Å². The molecule has 27 heavy (non-hydrogen) atoms. The number of amides is 1. The van der Waals surface area contributed by atoms with Crippen molar-refractivity contribution in [3.8, 4) is 0 Å². The standard InChI is InChI=1S/C22H26N2O2S/c1-24-11-8-16(9-12-24)20-18-5-3-2-4-15(18)6-7-17-14-19(27-21(17)20)22(26)23-10-13-25/h2-5,14,25H,6-13H2,1H3,(H,23,26). The molecular formula is C22H26N2O2S. The number of aliphatic hydroxyl groups excluding tert-OH is 1. The molecule has 2 aliphatic rings. The van der Waals surface area contributed by atoms with Gasteiger partial charge in [-0.3, -0.25) is 4.79 Å². The molecule has 0 saturated carbocycles. The SMILES string of the molecule is CN1CCC(=C2c3ccccc3CCc3cc(C(=O)NCCO)sc32)CC1. The number of carbonyl (C=O) groups is 1. The summed E-state index contributed by atoms with van der Waals surface area (Å²) in [6.07, 6.45) is 4.15. The van der Waals surface area contributed by atoms with Gasteiger partial charge in [0, 0.05) is 24.5 Å². The second-order valence-electron chi connectivity index (χ2n) is 7.38. The zero-order chi connectivity index (χ0) is 18.8. The van der Waals surface area contributed by atoms with Crippen LogP contribution < -0.4 is 5.32 Å². The normalized spacial score (nSPS) is 17.3. The molecule has 1 saturated heterocycles. The molecule has 1 aromatic carbocycles. The number of hydrogen-bond donors (Lipinski definition) is 2. The molecule has 142 valence electrons. The number of carbonyl (C=O) groups excluding carboxylic acids is 1. The Balaban J connectivity index is 1.81. The van der Waals surface area contributed by atoms with Crippen LogP contribution in [0.5, 0.6) is 0 Å². The Morgan fingerprint density at radius 1 is 1.15 bits per heavy atom. The van der Waals surface area contributed by atoms with Crippen molar-refractivity contribution < 1.29 is 9.90 Å². The van der Waals surface area contributed by atoms with Crippen molar-refractivity contribution in [3.63, 3.8) is 0 Å². The van der Waals surface area contributed by atoms with Crippen LogP contribution in [0.4, 0.5) is 0 Å². The fraction of sp³-hybridized carbons (Fsp3) is 0.409. The Bertz CT molecular complexity index is 874. The fourth-order valence-electron chi connectivity index (χ4n) is 4.06. The smallest absolute Gasteiger partial charge is 0.261 e. The number of nitrogens with one attached hydrogen (secondary N) is 1. The highest BCUT2D eigenvalue weighted by molar-refractivity contribution is 7.15. The molecule has 1 aliphatic carbocycles. The van der Waals surface area contributed by atoms with E-state index in [1.165, 1.54) is 32.7 Å². The first-order chi connectivity index (χ1) is 13.2. The minimum absolute atomic E-state index is 0.0347. The number of aryl methyl sites for hydroxylation is 2. The monoisotopic (exact) mass is 382 g/mol. The lowest BCUT2D eigenvalue weighted by molar-refractivity contribution is 0.0949. The Labute approximate surface area is 164 Å². The van der Waals surface area contributed by atoms with Crippen molar-refractivity contribution in [2.24, 2.45) is 0 Å². The molecule has 0 bridgehead atoms. The minimum atomic E-state index is -0.0804. The maximum Gasteiger partial charge on any atom is 0.261 e. The number of rotatable bonds is 3. The number of fused-ring (bicyclic) bond motifs is 2.